The summed E-state index contributed by atoms with van der Waals surface area (Å²) >= 11 is 0. The van der Waals surface area contributed by atoms with Crippen LogP contribution in [0.15, 0.2) is 30.3 Å². The molecule has 7 nitrogen and oxygen atoms in total. The van der Waals surface area contributed by atoms with Crippen molar-refractivity contribution in [2.75, 3.05) is 13.7 Å². The van der Waals surface area contributed by atoms with E-state index in [0.29, 0.717) is 0 Å². The highest BCUT2D eigenvalue weighted by atomic mass is 16.5. The molecule has 0 unspecified atom stereocenters. The maximum Gasteiger partial charge on any atom is 0.306 e. The third-order valence-electron chi connectivity index (χ3n) is 3.93. The van der Waals surface area contributed by atoms with Gasteiger partial charge in [0.05, 0.1) is 18.9 Å². The number of carbonyl (C=O) groups is 4. The van der Waals surface area contributed by atoms with Gasteiger partial charge in [0, 0.05) is 13.6 Å². The molecule has 1 aromatic carbocycles. The lowest BCUT2D eigenvalue weighted by Crippen LogP contribution is -2.38. The van der Waals surface area contributed by atoms with E-state index in [1.165, 1.54) is 7.05 Å². The zero-order valence-corrected chi connectivity index (χ0v) is 13.7. The normalized spacial score (nSPS) is 20.2. The van der Waals surface area contributed by atoms with Crippen molar-refractivity contribution in [1.29, 1.82) is 0 Å². The lowest BCUT2D eigenvalue weighted by Gasteiger charge is -2.14. The first-order chi connectivity index (χ1) is 11.5. The van der Waals surface area contributed by atoms with E-state index in [1.807, 2.05) is 30.3 Å². The van der Waals surface area contributed by atoms with Crippen LogP contribution in [0.2, 0.25) is 0 Å². The predicted octanol–water partition coefficient (Wildman–Crippen LogP) is 0.487. The molecule has 3 amide bonds. The molecule has 0 aliphatic carbocycles. The monoisotopic (exact) mass is 332 g/mol. The molecule has 7 heteroatoms. The van der Waals surface area contributed by atoms with Crippen LogP contribution in [-0.2, 0) is 30.5 Å². The Balaban J connectivity index is 2.08. The van der Waals surface area contributed by atoms with Crippen molar-refractivity contribution >= 4 is 23.7 Å². The van der Waals surface area contributed by atoms with Crippen LogP contribution in [0.1, 0.15) is 18.9 Å². The van der Waals surface area contributed by atoms with Crippen molar-refractivity contribution in [3.05, 3.63) is 35.9 Å². The molecule has 0 bridgehead atoms. The van der Waals surface area contributed by atoms with Crippen molar-refractivity contribution in [2.24, 2.45) is 11.8 Å². The first-order valence-corrected chi connectivity index (χ1v) is 7.74. The Labute approximate surface area is 140 Å². The van der Waals surface area contributed by atoms with Gasteiger partial charge >= 0.3 is 5.97 Å². The largest absolute Gasteiger partial charge is 0.466 e. The van der Waals surface area contributed by atoms with Crippen LogP contribution in [-0.4, -0.2) is 42.2 Å². The SMILES string of the molecule is CCOC(=O)C[C@@H]1C(=O)N(C)C(=O)[C@H]1C(=O)NCc1ccccc1. The number of likely N-dealkylation sites (tertiary alicyclic amines) is 1. The van der Waals surface area contributed by atoms with Gasteiger partial charge in [0.25, 0.3) is 0 Å². The summed E-state index contributed by atoms with van der Waals surface area (Å²) in [5, 5.41) is 2.66. The van der Waals surface area contributed by atoms with Crippen molar-refractivity contribution in [3.8, 4) is 0 Å². The van der Waals surface area contributed by atoms with Crippen LogP contribution >= 0.6 is 0 Å². The van der Waals surface area contributed by atoms with E-state index in [2.05, 4.69) is 5.32 Å². The van der Waals surface area contributed by atoms with Crippen LogP contribution in [0.4, 0.5) is 0 Å². The van der Waals surface area contributed by atoms with E-state index in [-0.39, 0.29) is 19.6 Å². The molecule has 0 saturated carbocycles. The highest BCUT2D eigenvalue weighted by molar-refractivity contribution is 6.15. The van der Waals surface area contributed by atoms with Crippen LogP contribution in [0.25, 0.3) is 0 Å². The van der Waals surface area contributed by atoms with Crippen LogP contribution < -0.4 is 5.32 Å². The van der Waals surface area contributed by atoms with E-state index in [1.54, 1.807) is 6.92 Å². The number of amides is 3. The fourth-order valence-electron chi connectivity index (χ4n) is 2.68. The summed E-state index contributed by atoms with van der Waals surface area (Å²) in [6.07, 6.45) is -0.286. The molecule has 2 rings (SSSR count). The van der Waals surface area contributed by atoms with Gasteiger partial charge in [-0.3, -0.25) is 24.1 Å². The quantitative estimate of drug-likeness (QED) is 0.465. The molecule has 1 saturated heterocycles. The Bertz CT molecular complexity index is 644. The average molecular weight is 332 g/mol. The Morgan fingerprint density at radius 2 is 1.83 bits per heavy atom. The zero-order valence-electron chi connectivity index (χ0n) is 13.7. The van der Waals surface area contributed by atoms with Gasteiger partial charge in [0.2, 0.25) is 17.7 Å². The molecule has 1 fully saturated rings. The fourth-order valence-corrected chi connectivity index (χ4v) is 2.68. The lowest BCUT2D eigenvalue weighted by atomic mass is 9.91. The third-order valence-corrected chi connectivity index (χ3v) is 3.93. The second-order valence-corrected chi connectivity index (χ2v) is 5.53. The minimum atomic E-state index is -1.20. The molecule has 1 N–H and O–H groups in total. The molecule has 0 aromatic heterocycles. The van der Waals surface area contributed by atoms with Gasteiger partial charge in [-0.05, 0) is 12.5 Å². The van der Waals surface area contributed by atoms with Gasteiger partial charge < -0.3 is 10.1 Å². The summed E-state index contributed by atoms with van der Waals surface area (Å²) in [6, 6.07) is 9.20. The number of carbonyl (C=O) groups excluding carboxylic acids is 4. The standard InChI is InChI=1S/C17H20N2O5/c1-3-24-13(20)9-12-14(17(23)19(2)16(12)22)15(21)18-10-11-7-5-4-6-8-11/h4-8,12,14H,3,9-10H2,1-2H3,(H,18,21)/t12-,14+/m0/s1. The van der Waals surface area contributed by atoms with Crippen molar-refractivity contribution in [1.82, 2.24) is 10.2 Å². The molecule has 0 radical (unpaired) electrons. The smallest absolute Gasteiger partial charge is 0.306 e. The molecule has 0 spiro atoms. The van der Waals surface area contributed by atoms with Crippen LogP contribution in [0.3, 0.4) is 0 Å². The van der Waals surface area contributed by atoms with E-state index in [0.717, 1.165) is 10.5 Å². The maximum absolute atomic E-state index is 12.4. The molecule has 2 atom stereocenters. The second kappa shape index (κ2) is 7.72. The zero-order chi connectivity index (χ0) is 17.7. The third kappa shape index (κ3) is 3.79. The molecule has 1 heterocycles. The summed E-state index contributed by atoms with van der Waals surface area (Å²) in [4.78, 5) is 49.3. The number of hydrogen-bond acceptors (Lipinski definition) is 5. The van der Waals surface area contributed by atoms with E-state index in [9.17, 15) is 19.2 Å². The van der Waals surface area contributed by atoms with E-state index < -0.39 is 35.5 Å². The van der Waals surface area contributed by atoms with Gasteiger partial charge in [0.1, 0.15) is 5.92 Å². The summed E-state index contributed by atoms with van der Waals surface area (Å²) in [6.45, 7) is 2.07. The molecular formula is C17H20N2O5. The van der Waals surface area contributed by atoms with Gasteiger partial charge in [-0.1, -0.05) is 30.3 Å². The van der Waals surface area contributed by atoms with Crippen LogP contribution in [0, 0.1) is 11.8 Å². The van der Waals surface area contributed by atoms with E-state index >= 15 is 0 Å². The number of esters is 1. The van der Waals surface area contributed by atoms with E-state index in [4.69, 9.17) is 4.74 Å². The molecule has 24 heavy (non-hydrogen) atoms. The minimum Gasteiger partial charge on any atom is -0.466 e. The lowest BCUT2D eigenvalue weighted by molar-refractivity contribution is -0.147. The number of hydrogen-bond donors (Lipinski definition) is 1. The number of nitrogens with zero attached hydrogens (tertiary/aromatic N) is 1. The topological polar surface area (TPSA) is 92.8 Å². The van der Waals surface area contributed by atoms with Crippen molar-refractivity contribution in [3.63, 3.8) is 0 Å². The Hall–Kier alpha value is -2.70. The number of ether oxygens (including phenoxy) is 1. The Morgan fingerprint density at radius 1 is 1.17 bits per heavy atom. The fraction of sp³-hybridized carbons (Fsp3) is 0.412. The molecule has 1 aromatic rings. The average Bonchev–Trinajstić information content (AvgIpc) is 2.78. The molecule has 1 aliphatic heterocycles. The summed E-state index contributed by atoms with van der Waals surface area (Å²) in [5.41, 5.74) is 0.873. The second-order valence-electron chi connectivity index (χ2n) is 5.53. The van der Waals surface area contributed by atoms with Crippen molar-refractivity contribution in [2.45, 2.75) is 19.9 Å². The van der Waals surface area contributed by atoms with Crippen LogP contribution in [0.5, 0.6) is 0 Å². The molecular weight excluding hydrogens is 312 g/mol. The summed E-state index contributed by atoms with van der Waals surface area (Å²) in [5.74, 6) is -4.50. The summed E-state index contributed by atoms with van der Waals surface area (Å²) in [7, 11) is 1.31. The minimum absolute atomic E-state index is 0.175. The van der Waals surface area contributed by atoms with Gasteiger partial charge in [0.15, 0.2) is 0 Å². The summed E-state index contributed by atoms with van der Waals surface area (Å²) < 4.78 is 4.83. The van der Waals surface area contributed by atoms with Gasteiger partial charge in [-0.15, -0.1) is 0 Å². The van der Waals surface area contributed by atoms with Crippen molar-refractivity contribution < 1.29 is 23.9 Å². The molecule has 1 aliphatic rings. The number of rotatable bonds is 6. The highest BCUT2D eigenvalue weighted by Crippen LogP contribution is 2.28. The first-order valence-electron chi connectivity index (χ1n) is 7.74. The number of nitrogens with one attached hydrogen (secondary N) is 1. The Kier molecular flexibility index (Phi) is 5.68. The van der Waals surface area contributed by atoms with Gasteiger partial charge in [-0.25, -0.2) is 0 Å². The first kappa shape index (κ1) is 17.7. The maximum atomic E-state index is 12.4. The predicted molar refractivity (Wildman–Crippen MR) is 84.3 cm³/mol. The van der Waals surface area contributed by atoms with Gasteiger partial charge in [-0.2, -0.15) is 0 Å². The Morgan fingerprint density at radius 3 is 2.46 bits per heavy atom. The highest BCUT2D eigenvalue weighted by Gasteiger charge is 2.50. The molecule has 128 valence electrons. The number of imide groups is 1. The number of benzene rings is 1.